The fourth-order valence-electron chi connectivity index (χ4n) is 1.82. The van der Waals surface area contributed by atoms with E-state index in [1.165, 1.54) is 0 Å². The third-order valence-corrected chi connectivity index (χ3v) is 6.07. The first-order chi connectivity index (χ1) is 9.52. The Bertz CT molecular complexity index is 619. The van der Waals surface area contributed by atoms with Crippen LogP contribution in [0.1, 0.15) is 22.9 Å². The molecule has 5 heteroatoms. The summed E-state index contributed by atoms with van der Waals surface area (Å²) >= 11 is 15.8. The van der Waals surface area contributed by atoms with Gasteiger partial charge in [0.05, 0.1) is 16.5 Å². The Morgan fingerprint density at radius 3 is 2.60 bits per heavy atom. The second-order valence-electron chi connectivity index (χ2n) is 4.15. The summed E-state index contributed by atoms with van der Waals surface area (Å²) in [7, 11) is 0. The Hall–Kier alpha value is 0.220. The molecule has 1 nitrogen and oxygen atoms in total. The predicted molar refractivity (Wildman–Crippen MR) is 100 cm³/mol. The molecule has 0 amide bonds. The van der Waals surface area contributed by atoms with Crippen molar-refractivity contribution in [3.8, 4) is 5.75 Å². The molecule has 0 fully saturated rings. The zero-order valence-electron chi connectivity index (χ0n) is 10.7. The van der Waals surface area contributed by atoms with E-state index in [2.05, 4.69) is 66.6 Å². The highest BCUT2D eigenvalue weighted by Gasteiger charge is 2.15. The van der Waals surface area contributed by atoms with Crippen LogP contribution >= 0.6 is 66.1 Å². The highest BCUT2D eigenvalue weighted by Crippen LogP contribution is 2.38. The first-order valence-corrected chi connectivity index (χ1v) is 9.20. The number of ether oxygens (including phenoxy) is 1. The Morgan fingerprint density at radius 2 is 2.00 bits per heavy atom. The van der Waals surface area contributed by atoms with Crippen LogP contribution in [-0.2, 0) is 0 Å². The van der Waals surface area contributed by atoms with Crippen molar-refractivity contribution in [3.63, 3.8) is 0 Å². The predicted octanol–water partition coefficient (Wildman–Crippen LogP) is 6.59. The molecule has 20 heavy (non-hydrogen) atoms. The lowest BCUT2D eigenvalue weighted by molar-refractivity contribution is 0.340. The van der Waals surface area contributed by atoms with E-state index in [4.69, 9.17) is 16.3 Å². The summed E-state index contributed by atoms with van der Waals surface area (Å²) in [4.78, 5) is 0.0852. The van der Waals surface area contributed by atoms with Crippen molar-refractivity contribution in [2.24, 2.45) is 0 Å². The zero-order chi connectivity index (χ0) is 14.7. The highest BCUT2D eigenvalue weighted by atomic mass is 127. The summed E-state index contributed by atoms with van der Waals surface area (Å²) in [5, 5.41) is 0.773. The van der Waals surface area contributed by atoms with E-state index in [0.717, 1.165) is 29.9 Å². The first-order valence-electron chi connectivity index (χ1n) is 6.04. The molecule has 0 aromatic heterocycles. The molecule has 0 aliphatic carbocycles. The molecule has 0 N–H and O–H groups in total. The van der Waals surface area contributed by atoms with E-state index in [1.54, 1.807) is 0 Å². The summed E-state index contributed by atoms with van der Waals surface area (Å²) in [5.74, 6) is 0.864. The van der Waals surface area contributed by atoms with Crippen LogP contribution in [0.4, 0.5) is 0 Å². The van der Waals surface area contributed by atoms with E-state index in [1.807, 2.05) is 31.2 Å². The van der Waals surface area contributed by atoms with Crippen molar-refractivity contribution >= 4 is 66.1 Å². The Morgan fingerprint density at radius 1 is 1.25 bits per heavy atom. The Balaban J connectivity index is 2.32. The Kier molecular flexibility index (Phi) is 6.20. The molecule has 0 radical (unpaired) electrons. The second kappa shape index (κ2) is 7.47. The zero-order valence-corrected chi connectivity index (χ0v) is 16.8. The molecular weight excluding hydrogens is 518 g/mol. The maximum absolute atomic E-state index is 6.19. The monoisotopic (exact) mass is 528 g/mol. The van der Waals surface area contributed by atoms with Gasteiger partial charge < -0.3 is 4.74 Å². The summed E-state index contributed by atoms with van der Waals surface area (Å²) in [6.07, 6.45) is 0. The molecule has 0 aliphatic heterocycles. The summed E-state index contributed by atoms with van der Waals surface area (Å²) in [5.41, 5.74) is 2.27. The molecule has 2 aromatic carbocycles. The van der Waals surface area contributed by atoms with Crippen molar-refractivity contribution < 1.29 is 4.74 Å². The Labute approximate surface area is 154 Å². The normalized spacial score (nSPS) is 12.2. The van der Waals surface area contributed by atoms with E-state index in [0.29, 0.717) is 6.61 Å². The molecule has 1 unspecified atom stereocenters. The van der Waals surface area contributed by atoms with Gasteiger partial charge in [0.1, 0.15) is 5.75 Å². The molecule has 0 saturated carbocycles. The van der Waals surface area contributed by atoms with Crippen LogP contribution in [0.25, 0.3) is 0 Å². The number of halogens is 4. The molecule has 2 aromatic rings. The quantitative estimate of drug-likeness (QED) is 0.320. The number of alkyl halides is 1. The molecule has 1 atom stereocenters. The van der Waals surface area contributed by atoms with Gasteiger partial charge in [0.25, 0.3) is 0 Å². The van der Waals surface area contributed by atoms with Crippen molar-refractivity contribution in [1.82, 2.24) is 0 Å². The van der Waals surface area contributed by atoms with Crippen LogP contribution in [0.15, 0.2) is 40.9 Å². The van der Waals surface area contributed by atoms with Gasteiger partial charge >= 0.3 is 0 Å². The third-order valence-electron chi connectivity index (χ3n) is 2.79. The van der Waals surface area contributed by atoms with Crippen molar-refractivity contribution in [1.29, 1.82) is 0 Å². The fraction of sp³-hybridized carbons (Fsp3) is 0.200. The molecule has 2 rings (SSSR count). The topological polar surface area (TPSA) is 9.23 Å². The first kappa shape index (κ1) is 16.6. The second-order valence-corrected chi connectivity index (χ2v) is 7.49. The minimum Gasteiger partial charge on any atom is -0.494 e. The molecule has 0 spiro atoms. The average Bonchev–Trinajstić information content (AvgIpc) is 2.42. The summed E-state index contributed by atoms with van der Waals surface area (Å²) < 4.78 is 7.56. The number of hydrogen-bond acceptors (Lipinski definition) is 1. The SMILES string of the molecule is CCOc1ccc(C(Br)c2ccc(I)c(Cl)c2)c(Br)c1. The van der Waals surface area contributed by atoms with Gasteiger partial charge in [0.15, 0.2) is 0 Å². The van der Waals surface area contributed by atoms with Gasteiger partial charge in [0, 0.05) is 8.04 Å². The van der Waals surface area contributed by atoms with Gasteiger partial charge in [-0.3, -0.25) is 0 Å². The van der Waals surface area contributed by atoms with Crippen molar-refractivity contribution in [2.75, 3.05) is 6.61 Å². The lowest BCUT2D eigenvalue weighted by Gasteiger charge is -2.15. The standard InChI is InChI=1S/C15H12Br2ClIO/c1-2-20-10-4-5-11(12(16)8-10)15(17)9-3-6-14(19)13(18)7-9/h3-8,15H,2H2,1H3. The molecule has 0 aliphatic rings. The van der Waals surface area contributed by atoms with Crippen LogP contribution in [-0.4, -0.2) is 6.61 Å². The van der Waals surface area contributed by atoms with Gasteiger partial charge in [-0.05, 0) is 64.9 Å². The van der Waals surface area contributed by atoms with Gasteiger partial charge in [-0.15, -0.1) is 0 Å². The smallest absolute Gasteiger partial charge is 0.120 e. The fourth-order valence-corrected chi connectivity index (χ4v) is 3.92. The summed E-state index contributed by atoms with van der Waals surface area (Å²) in [6, 6.07) is 12.1. The van der Waals surface area contributed by atoms with Crippen LogP contribution < -0.4 is 4.74 Å². The van der Waals surface area contributed by atoms with Crippen LogP contribution in [0.2, 0.25) is 5.02 Å². The van der Waals surface area contributed by atoms with Crippen LogP contribution in [0.3, 0.4) is 0 Å². The number of hydrogen-bond donors (Lipinski definition) is 0. The maximum atomic E-state index is 6.19. The van der Waals surface area contributed by atoms with Gasteiger partial charge in [0.2, 0.25) is 0 Å². The molecule has 0 saturated heterocycles. The minimum atomic E-state index is 0.0852. The van der Waals surface area contributed by atoms with E-state index < -0.39 is 0 Å². The lowest BCUT2D eigenvalue weighted by atomic mass is 10.0. The average molecular weight is 530 g/mol. The van der Waals surface area contributed by atoms with Gasteiger partial charge in [-0.1, -0.05) is 55.6 Å². The molecule has 106 valence electrons. The number of rotatable bonds is 4. The van der Waals surface area contributed by atoms with Crippen LogP contribution in [0.5, 0.6) is 5.75 Å². The van der Waals surface area contributed by atoms with Gasteiger partial charge in [-0.25, -0.2) is 0 Å². The largest absolute Gasteiger partial charge is 0.494 e. The maximum Gasteiger partial charge on any atom is 0.120 e. The van der Waals surface area contributed by atoms with Crippen molar-refractivity contribution in [3.05, 3.63) is 60.6 Å². The molecular formula is C15H12Br2ClIO. The molecule has 0 heterocycles. The highest BCUT2D eigenvalue weighted by molar-refractivity contribution is 14.1. The van der Waals surface area contributed by atoms with E-state index in [-0.39, 0.29) is 4.83 Å². The van der Waals surface area contributed by atoms with E-state index in [9.17, 15) is 0 Å². The third kappa shape index (κ3) is 3.90. The van der Waals surface area contributed by atoms with Crippen molar-refractivity contribution in [2.45, 2.75) is 11.8 Å². The van der Waals surface area contributed by atoms with Gasteiger partial charge in [-0.2, -0.15) is 0 Å². The van der Waals surface area contributed by atoms with Crippen LogP contribution in [0, 0.1) is 3.57 Å². The molecule has 0 bridgehead atoms. The van der Waals surface area contributed by atoms with E-state index >= 15 is 0 Å². The lowest BCUT2D eigenvalue weighted by Crippen LogP contribution is -1.97. The number of benzene rings is 2. The minimum absolute atomic E-state index is 0.0852. The summed E-state index contributed by atoms with van der Waals surface area (Å²) in [6.45, 7) is 2.64.